The standard InChI is InChI=1S/C20H24N2O4S/c1-15-7-8-19(26-2)16(13-15)9-10-21-20(23)17-5-3-6-18(14-17)22-11-4-12-27(22,24)25/h3,5-8,13-14H,4,9-12H2,1-2H3,(H,21,23). The second kappa shape index (κ2) is 8.00. The predicted molar refractivity (Wildman–Crippen MR) is 106 cm³/mol. The van der Waals surface area contributed by atoms with Gasteiger partial charge in [-0.3, -0.25) is 9.10 Å². The van der Waals surface area contributed by atoms with Crippen molar-refractivity contribution in [3.63, 3.8) is 0 Å². The fourth-order valence-electron chi connectivity index (χ4n) is 3.25. The van der Waals surface area contributed by atoms with Crippen LogP contribution in [0.2, 0.25) is 0 Å². The van der Waals surface area contributed by atoms with Gasteiger partial charge in [0.25, 0.3) is 5.91 Å². The van der Waals surface area contributed by atoms with Crippen molar-refractivity contribution in [2.45, 2.75) is 19.8 Å². The molecule has 1 fully saturated rings. The van der Waals surface area contributed by atoms with Gasteiger partial charge in [-0.05, 0) is 49.6 Å². The Balaban J connectivity index is 1.65. The van der Waals surface area contributed by atoms with E-state index in [-0.39, 0.29) is 11.7 Å². The zero-order chi connectivity index (χ0) is 19.4. The van der Waals surface area contributed by atoms with Gasteiger partial charge in [0.1, 0.15) is 5.75 Å². The van der Waals surface area contributed by atoms with E-state index < -0.39 is 10.0 Å². The minimum absolute atomic E-state index is 0.155. The highest BCUT2D eigenvalue weighted by Gasteiger charge is 2.28. The van der Waals surface area contributed by atoms with E-state index in [0.29, 0.717) is 37.2 Å². The van der Waals surface area contributed by atoms with Crippen molar-refractivity contribution >= 4 is 21.6 Å². The molecule has 0 radical (unpaired) electrons. The number of nitrogens with one attached hydrogen (secondary N) is 1. The summed E-state index contributed by atoms with van der Waals surface area (Å²) in [6, 6.07) is 12.7. The van der Waals surface area contributed by atoms with Gasteiger partial charge < -0.3 is 10.1 Å². The van der Waals surface area contributed by atoms with Gasteiger partial charge in [0, 0.05) is 18.7 Å². The second-order valence-electron chi connectivity index (χ2n) is 6.61. The van der Waals surface area contributed by atoms with Crippen molar-refractivity contribution in [1.29, 1.82) is 0 Å². The van der Waals surface area contributed by atoms with Crippen molar-refractivity contribution in [2.75, 3.05) is 30.3 Å². The lowest BCUT2D eigenvalue weighted by atomic mass is 10.1. The minimum Gasteiger partial charge on any atom is -0.496 e. The van der Waals surface area contributed by atoms with Gasteiger partial charge in [-0.2, -0.15) is 0 Å². The summed E-state index contributed by atoms with van der Waals surface area (Å²) in [5.74, 6) is 0.734. The first-order valence-electron chi connectivity index (χ1n) is 8.93. The molecule has 144 valence electrons. The maximum absolute atomic E-state index is 12.5. The molecule has 27 heavy (non-hydrogen) atoms. The van der Waals surface area contributed by atoms with Crippen molar-refractivity contribution in [2.24, 2.45) is 0 Å². The van der Waals surface area contributed by atoms with Crippen LogP contribution in [0, 0.1) is 6.92 Å². The molecule has 1 amide bonds. The first-order valence-corrected chi connectivity index (χ1v) is 10.5. The number of amides is 1. The molecule has 6 nitrogen and oxygen atoms in total. The summed E-state index contributed by atoms with van der Waals surface area (Å²) in [6.45, 7) is 2.94. The van der Waals surface area contributed by atoms with E-state index in [1.807, 2.05) is 25.1 Å². The molecule has 0 bridgehead atoms. The molecule has 1 N–H and O–H groups in total. The van der Waals surface area contributed by atoms with Crippen LogP contribution in [0.4, 0.5) is 5.69 Å². The SMILES string of the molecule is COc1ccc(C)cc1CCNC(=O)c1cccc(N2CCCS2(=O)=O)c1. The lowest BCUT2D eigenvalue weighted by Crippen LogP contribution is -2.27. The summed E-state index contributed by atoms with van der Waals surface area (Å²) in [5.41, 5.74) is 3.16. The molecule has 2 aromatic carbocycles. The van der Waals surface area contributed by atoms with Gasteiger partial charge in [0.05, 0.1) is 18.6 Å². The molecule has 0 aliphatic carbocycles. The summed E-state index contributed by atoms with van der Waals surface area (Å²) in [6.07, 6.45) is 1.26. The molecule has 1 aliphatic rings. The van der Waals surface area contributed by atoms with E-state index in [4.69, 9.17) is 4.74 Å². The number of benzene rings is 2. The van der Waals surface area contributed by atoms with E-state index in [1.54, 1.807) is 31.4 Å². The highest BCUT2D eigenvalue weighted by molar-refractivity contribution is 7.93. The number of anilines is 1. The Kier molecular flexibility index (Phi) is 5.70. The molecule has 3 rings (SSSR count). The van der Waals surface area contributed by atoms with E-state index in [1.165, 1.54) is 4.31 Å². The van der Waals surface area contributed by atoms with E-state index in [0.717, 1.165) is 16.9 Å². The van der Waals surface area contributed by atoms with Crippen LogP contribution in [-0.2, 0) is 16.4 Å². The third-order valence-corrected chi connectivity index (χ3v) is 6.48. The van der Waals surface area contributed by atoms with Gasteiger partial charge in [-0.1, -0.05) is 23.8 Å². The van der Waals surface area contributed by atoms with Gasteiger partial charge >= 0.3 is 0 Å². The molecule has 1 aliphatic heterocycles. The van der Waals surface area contributed by atoms with E-state index in [2.05, 4.69) is 5.32 Å². The van der Waals surface area contributed by atoms with Crippen molar-refractivity contribution in [3.05, 3.63) is 59.2 Å². The van der Waals surface area contributed by atoms with Crippen LogP contribution in [0.5, 0.6) is 5.75 Å². The van der Waals surface area contributed by atoms with Gasteiger partial charge in [0.15, 0.2) is 0 Å². The topological polar surface area (TPSA) is 75.7 Å². The zero-order valence-electron chi connectivity index (χ0n) is 15.6. The monoisotopic (exact) mass is 388 g/mol. The molecule has 1 saturated heterocycles. The Morgan fingerprint density at radius 3 is 2.74 bits per heavy atom. The maximum atomic E-state index is 12.5. The number of carbonyl (C=O) groups is 1. The lowest BCUT2D eigenvalue weighted by Gasteiger charge is -2.17. The molecule has 0 unspecified atom stereocenters. The lowest BCUT2D eigenvalue weighted by molar-refractivity contribution is 0.0954. The predicted octanol–water partition coefficient (Wildman–Crippen LogP) is 2.52. The number of hydrogen-bond acceptors (Lipinski definition) is 4. The quantitative estimate of drug-likeness (QED) is 0.825. The first-order chi connectivity index (χ1) is 12.9. The third-order valence-electron chi connectivity index (χ3n) is 4.61. The Labute approximate surface area is 160 Å². The Morgan fingerprint density at radius 2 is 2.04 bits per heavy atom. The van der Waals surface area contributed by atoms with E-state index in [9.17, 15) is 13.2 Å². The highest BCUT2D eigenvalue weighted by atomic mass is 32.2. The Morgan fingerprint density at radius 1 is 1.22 bits per heavy atom. The second-order valence-corrected chi connectivity index (χ2v) is 8.63. The van der Waals surface area contributed by atoms with Crippen LogP contribution in [0.25, 0.3) is 0 Å². The summed E-state index contributed by atoms with van der Waals surface area (Å²) >= 11 is 0. The first kappa shape index (κ1) is 19.2. The minimum atomic E-state index is -3.26. The summed E-state index contributed by atoms with van der Waals surface area (Å²) in [4.78, 5) is 12.5. The highest BCUT2D eigenvalue weighted by Crippen LogP contribution is 2.25. The largest absolute Gasteiger partial charge is 0.496 e. The number of hydrogen-bond donors (Lipinski definition) is 1. The summed E-state index contributed by atoms with van der Waals surface area (Å²) < 4.78 is 30.9. The van der Waals surface area contributed by atoms with Crippen LogP contribution in [-0.4, -0.2) is 40.3 Å². The molecule has 2 aromatic rings. The number of carbonyl (C=O) groups excluding carboxylic acids is 1. The van der Waals surface area contributed by atoms with Crippen molar-refractivity contribution in [1.82, 2.24) is 5.32 Å². The maximum Gasteiger partial charge on any atom is 0.251 e. The van der Waals surface area contributed by atoms with Gasteiger partial charge in [-0.15, -0.1) is 0 Å². The third kappa shape index (κ3) is 4.42. The van der Waals surface area contributed by atoms with E-state index >= 15 is 0 Å². The molecular formula is C20H24N2O4S. The number of ether oxygens (including phenoxy) is 1. The van der Waals surface area contributed by atoms with Crippen LogP contribution in [0.3, 0.4) is 0 Å². The number of sulfonamides is 1. The van der Waals surface area contributed by atoms with Crippen LogP contribution in [0.15, 0.2) is 42.5 Å². The molecule has 1 heterocycles. The summed E-state index contributed by atoms with van der Waals surface area (Å²) in [7, 11) is -1.63. The van der Waals surface area contributed by atoms with Gasteiger partial charge in [0.2, 0.25) is 10.0 Å². The Hall–Kier alpha value is -2.54. The van der Waals surface area contributed by atoms with Crippen LogP contribution < -0.4 is 14.4 Å². The molecule has 0 atom stereocenters. The molecular weight excluding hydrogens is 364 g/mol. The van der Waals surface area contributed by atoms with Crippen molar-refractivity contribution < 1.29 is 17.9 Å². The number of nitrogens with zero attached hydrogens (tertiary/aromatic N) is 1. The molecule has 0 spiro atoms. The normalized spacial score (nSPS) is 15.6. The number of aryl methyl sites for hydroxylation is 1. The average Bonchev–Trinajstić information content (AvgIpc) is 3.01. The van der Waals surface area contributed by atoms with Gasteiger partial charge in [-0.25, -0.2) is 8.42 Å². The van der Waals surface area contributed by atoms with Crippen LogP contribution in [0.1, 0.15) is 27.9 Å². The number of methoxy groups -OCH3 is 1. The fourth-order valence-corrected chi connectivity index (χ4v) is 4.80. The average molecular weight is 388 g/mol. The summed E-state index contributed by atoms with van der Waals surface area (Å²) in [5, 5.41) is 2.89. The fraction of sp³-hybridized carbons (Fsp3) is 0.350. The molecule has 7 heteroatoms. The smallest absolute Gasteiger partial charge is 0.251 e. The number of rotatable bonds is 6. The molecule has 0 saturated carbocycles. The van der Waals surface area contributed by atoms with Crippen LogP contribution >= 0.6 is 0 Å². The Bertz CT molecular complexity index is 941. The zero-order valence-corrected chi connectivity index (χ0v) is 16.4. The van der Waals surface area contributed by atoms with Crippen molar-refractivity contribution in [3.8, 4) is 5.75 Å². The molecule has 0 aromatic heterocycles.